The molecule has 0 saturated heterocycles. The Morgan fingerprint density at radius 1 is 0.408 bits per heavy atom. The summed E-state index contributed by atoms with van der Waals surface area (Å²) >= 11 is 0. The van der Waals surface area contributed by atoms with E-state index in [0.29, 0.717) is 6.10 Å². The Balaban J connectivity index is 0.000000408. The third-order valence-electron chi connectivity index (χ3n) is 12.0. The fraction of sp³-hybridized carbons (Fsp3) is 0.292. The molecular formula is C48H31BF24N2O. The molecular weight excluding hydrogens is 1090 g/mol. The van der Waals surface area contributed by atoms with Crippen molar-refractivity contribution in [3.05, 3.63) is 172 Å². The molecule has 3 nitrogen and oxygen atoms in total. The van der Waals surface area contributed by atoms with Crippen LogP contribution < -0.4 is 31.2 Å². The lowest BCUT2D eigenvalue weighted by atomic mass is 9.12. The van der Waals surface area contributed by atoms with Crippen molar-refractivity contribution in [1.82, 2.24) is 4.98 Å². The Kier molecular flexibility index (Phi) is 16.0. The molecule has 1 aliphatic rings. The maximum atomic E-state index is 14.2. The van der Waals surface area contributed by atoms with E-state index < -0.39 is 195 Å². The Morgan fingerprint density at radius 3 is 0.947 bits per heavy atom. The normalized spacial score (nSPS) is 14.6. The summed E-state index contributed by atoms with van der Waals surface area (Å²) in [4.78, 5) is 4.30. The van der Waals surface area contributed by atoms with Gasteiger partial charge in [-0.05, 0) is 49.9 Å². The molecule has 1 heterocycles. The maximum absolute atomic E-state index is 14.2. The zero-order chi connectivity index (χ0) is 56.8. The van der Waals surface area contributed by atoms with E-state index in [2.05, 4.69) is 33.8 Å². The second-order valence-corrected chi connectivity index (χ2v) is 17.3. The highest BCUT2D eigenvalue weighted by molar-refractivity contribution is 7.20. The van der Waals surface area contributed by atoms with E-state index in [0.717, 1.165) is 25.3 Å². The first-order valence-corrected chi connectivity index (χ1v) is 21.6. The third-order valence-corrected chi connectivity index (χ3v) is 12.0. The Bertz CT molecular complexity index is 2560. The summed E-state index contributed by atoms with van der Waals surface area (Å²) < 4.78 is 349. The molecule has 410 valence electrons. The molecule has 1 aliphatic carbocycles. The molecule has 0 unspecified atom stereocenters. The lowest BCUT2D eigenvalue weighted by molar-refractivity contribution is -0.689. The van der Waals surface area contributed by atoms with Crippen LogP contribution in [0.2, 0.25) is 0 Å². The van der Waals surface area contributed by atoms with Crippen LogP contribution in [0.3, 0.4) is 0 Å². The van der Waals surface area contributed by atoms with E-state index in [9.17, 15) is 105 Å². The van der Waals surface area contributed by atoms with E-state index >= 15 is 0 Å². The standard InChI is InChI=1S/C32H12BF24.C16H19N2O/c34-25(35,36)13-1-14(26(37,38)39)6-21(5-13)33(22-7-15(27(40,41)42)2-16(8-22)28(43,44)45,23-9-17(29(46,47)48)3-18(10-23)30(49,50)51)24-11-19(31(52,53)54)4-20(12-24)32(55,56)57;1-2-6-14(7-3-1)12-18-11-10-17-16(13-18)19-15-8-4-5-9-15/h1-12H;1-3,6-7,10-11,13,15H,4-5,8-9,12H2/q-1;+1. The van der Waals surface area contributed by atoms with Gasteiger partial charge in [0.05, 0.1) is 50.7 Å². The molecule has 0 atom stereocenters. The van der Waals surface area contributed by atoms with Gasteiger partial charge < -0.3 is 4.74 Å². The highest BCUT2D eigenvalue weighted by Gasteiger charge is 2.47. The van der Waals surface area contributed by atoms with Crippen LogP contribution in [0.1, 0.15) is 75.8 Å². The second-order valence-electron chi connectivity index (χ2n) is 17.3. The number of hydrogen-bond acceptors (Lipinski definition) is 2. The first kappa shape index (κ1) is 58.6. The quantitative estimate of drug-likeness (QED) is 0.0862. The first-order valence-electron chi connectivity index (χ1n) is 21.6. The van der Waals surface area contributed by atoms with Crippen molar-refractivity contribution in [2.75, 3.05) is 0 Å². The smallest absolute Gasteiger partial charge is 0.416 e. The summed E-state index contributed by atoms with van der Waals surface area (Å²) in [6.07, 6.45) is -43.8. The summed E-state index contributed by atoms with van der Waals surface area (Å²) in [6, 6.07) is 1.61. The Morgan fingerprint density at radius 2 is 0.684 bits per heavy atom. The van der Waals surface area contributed by atoms with Crippen molar-refractivity contribution in [1.29, 1.82) is 0 Å². The van der Waals surface area contributed by atoms with Gasteiger partial charge in [0, 0.05) is 5.56 Å². The summed E-state index contributed by atoms with van der Waals surface area (Å²) in [5, 5.41) is 0. The first-order chi connectivity index (χ1) is 34.7. The average Bonchev–Trinajstić information content (AvgIpc) is 3.80. The van der Waals surface area contributed by atoms with Gasteiger partial charge in [0.15, 0.2) is 12.7 Å². The molecule has 0 radical (unpaired) electrons. The minimum atomic E-state index is -6.13. The van der Waals surface area contributed by atoms with Crippen LogP contribution >= 0.6 is 0 Å². The topological polar surface area (TPSA) is 26.0 Å². The minimum Gasteiger partial charge on any atom is -0.470 e. The highest BCUT2D eigenvalue weighted by Crippen LogP contribution is 2.41. The molecule has 0 aliphatic heterocycles. The van der Waals surface area contributed by atoms with Gasteiger partial charge in [0.25, 0.3) is 5.88 Å². The molecule has 0 N–H and O–H groups in total. The van der Waals surface area contributed by atoms with Crippen molar-refractivity contribution in [3.8, 4) is 5.88 Å². The van der Waals surface area contributed by atoms with Crippen molar-refractivity contribution < 1.29 is 115 Å². The fourth-order valence-electron chi connectivity index (χ4n) is 8.61. The van der Waals surface area contributed by atoms with Gasteiger partial charge >= 0.3 is 49.4 Å². The van der Waals surface area contributed by atoms with Gasteiger partial charge in [0.1, 0.15) is 12.2 Å². The number of ether oxygens (including phenoxy) is 1. The van der Waals surface area contributed by atoms with Gasteiger partial charge in [-0.25, -0.2) is 4.98 Å². The van der Waals surface area contributed by atoms with Crippen molar-refractivity contribution in [3.63, 3.8) is 0 Å². The van der Waals surface area contributed by atoms with E-state index in [1.807, 2.05) is 24.7 Å². The highest BCUT2D eigenvalue weighted by atomic mass is 19.4. The number of nitrogens with zero attached hydrogens (tertiary/aromatic N) is 2. The average molecular weight is 1120 g/mol. The van der Waals surface area contributed by atoms with Gasteiger partial charge in [-0.2, -0.15) is 132 Å². The van der Waals surface area contributed by atoms with Crippen molar-refractivity contribution in [2.24, 2.45) is 0 Å². The van der Waals surface area contributed by atoms with E-state index in [1.54, 1.807) is 0 Å². The van der Waals surface area contributed by atoms with Crippen LogP contribution in [0, 0.1) is 0 Å². The number of rotatable bonds is 8. The molecule has 0 bridgehead atoms. The van der Waals surface area contributed by atoms with Gasteiger partial charge in [-0.15, -0.1) is 0 Å². The van der Waals surface area contributed by atoms with Crippen LogP contribution in [0.15, 0.2) is 122 Å². The van der Waals surface area contributed by atoms with Gasteiger partial charge in [-0.3, -0.25) is 0 Å². The number of hydrogen-bond donors (Lipinski definition) is 0. The predicted molar refractivity (Wildman–Crippen MR) is 223 cm³/mol. The van der Waals surface area contributed by atoms with E-state index in [4.69, 9.17) is 4.74 Å². The lowest BCUT2D eigenvalue weighted by Gasteiger charge is -2.46. The minimum absolute atomic E-state index is 0.361. The number of benzene rings is 5. The van der Waals surface area contributed by atoms with Crippen LogP contribution in [-0.2, 0) is 56.0 Å². The number of halogens is 24. The summed E-state index contributed by atoms with van der Waals surface area (Å²) in [6.45, 7) is 0.852. The molecule has 1 saturated carbocycles. The molecule has 0 spiro atoms. The van der Waals surface area contributed by atoms with Crippen LogP contribution in [0.5, 0.6) is 5.88 Å². The molecule has 28 heteroatoms. The molecule has 6 aromatic rings. The molecule has 0 amide bonds. The fourth-order valence-corrected chi connectivity index (χ4v) is 8.61. The lowest BCUT2D eigenvalue weighted by Crippen LogP contribution is -2.75. The third kappa shape index (κ3) is 13.8. The van der Waals surface area contributed by atoms with E-state index in [-0.39, 0.29) is 0 Å². The predicted octanol–water partition coefficient (Wildman–Crippen LogP) is 14.0. The molecule has 76 heavy (non-hydrogen) atoms. The summed E-state index contributed by atoms with van der Waals surface area (Å²) in [7, 11) is 0. The van der Waals surface area contributed by atoms with Crippen molar-refractivity contribution in [2.45, 2.75) is 87.7 Å². The van der Waals surface area contributed by atoms with Crippen LogP contribution in [0.25, 0.3) is 0 Å². The zero-order valence-corrected chi connectivity index (χ0v) is 37.6. The molecule has 1 aromatic heterocycles. The molecule has 7 rings (SSSR count). The summed E-state index contributed by atoms with van der Waals surface area (Å²) in [5.41, 5.74) is -28.9. The SMILES string of the molecule is FC(F)(F)c1cc([B-](c2cc(C(F)(F)F)cc(C(F)(F)F)c2)(c2cc(C(F)(F)F)cc(C(F)(F)F)c2)c2cc(C(F)(F)F)cc(C(F)(F)F)c2)cc(C(F)(F)F)c1.c1ccc(C[n+]2ccnc(OC3CCCC3)c2)cc1. The Labute approximate surface area is 412 Å². The Hall–Kier alpha value is -6.64. The molecule has 1 fully saturated rings. The van der Waals surface area contributed by atoms with Crippen molar-refractivity contribution >= 4 is 28.0 Å². The summed E-state index contributed by atoms with van der Waals surface area (Å²) in [5.74, 6) is 0.741. The molecule has 5 aromatic carbocycles. The largest absolute Gasteiger partial charge is 0.470 e. The van der Waals surface area contributed by atoms with E-state index in [1.165, 1.54) is 18.4 Å². The number of alkyl halides is 24. The maximum Gasteiger partial charge on any atom is 0.416 e. The van der Waals surface area contributed by atoms with Gasteiger partial charge in [-0.1, -0.05) is 78.9 Å². The number of aromatic nitrogens is 2. The monoisotopic (exact) mass is 1120 g/mol. The van der Waals surface area contributed by atoms with Gasteiger partial charge in [0.2, 0.25) is 6.20 Å². The zero-order valence-electron chi connectivity index (χ0n) is 37.6. The van der Waals surface area contributed by atoms with Crippen LogP contribution in [-0.4, -0.2) is 17.2 Å². The van der Waals surface area contributed by atoms with Crippen LogP contribution in [0.4, 0.5) is 105 Å². The second kappa shape index (κ2) is 20.7.